The van der Waals surface area contributed by atoms with E-state index in [1.807, 2.05) is 97.1 Å². The lowest BCUT2D eigenvalue weighted by atomic mass is 9.76. The van der Waals surface area contributed by atoms with Crippen LogP contribution in [-0.2, 0) is 16.9 Å². The fourth-order valence-corrected chi connectivity index (χ4v) is 6.15. The van der Waals surface area contributed by atoms with Gasteiger partial charge in [0.05, 0.1) is 12.2 Å². The number of alkyl halides is 1. The molecule has 1 aliphatic heterocycles. The molecule has 0 spiro atoms. The van der Waals surface area contributed by atoms with Crippen LogP contribution >= 0.6 is 15.9 Å². The Kier molecular flexibility index (Phi) is 7.11. The molecular formula is C32H28BrFN4O2. The summed E-state index contributed by atoms with van der Waals surface area (Å²) < 4.78 is 16.7. The van der Waals surface area contributed by atoms with E-state index < -0.39 is 5.54 Å². The van der Waals surface area contributed by atoms with Crippen molar-refractivity contribution in [2.24, 2.45) is 5.92 Å². The van der Waals surface area contributed by atoms with Gasteiger partial charge in [-0.2, -0.15) is 0 Å². The van der Waals surface area contributed by atoms with E-state index in [0.29, 0.717) is 35.1 Å². The van der Waals surface area contributed by atoms with Gasteiger partial charge in [0.1, 0.15) is 12.1 Å². The molecular weight excluding hydrogens is 571 g/mol. The van der Waals surface area contributed by atoms with Crippen molar-refractivity contribution in [3.63, 3.8) is 0 Å². The van der Waals surface area contributed by atoms with E-state index in [1.54, 1.807) is 15.7 Å². The number of likely N-dealkylation sites (tertiary alicyclic amines) is 1. The number of halogens is 2. The number of rotatable bonds is 8. The first-order valence-electron chi connectivity index (χ1n) is 13.3. The SMILES string of the molecule is O=C(Cn1c(=O)n(C(c2ccccc2)(c2ccccc2)c2ccccc2)c2ncc(Br)cc21)N1CC(CCF)C1. The molecule has 1 aliphatic rings. The van der Waals surface area contributed by atoms with Crippen molar-refractivity contribution < 1.29 is 9.18 Å². The van der Waals surface area contributed by atoms with Gasteiger partial charge >= 0.3 is 5.69 Å². The first-order valence-corrected chi connectivity index (χ1v) is 14.1. The number of pyridine rings is 1. The number of benzene rings is 3. The Labute approximate surface area is 239 Å². The smallest absolute Gasteiger partial charge is 0.332 e. The molecule has 1 saturated heterocycles. The van der Waals surface area contributed by atoms with Crippen LogP contribution in [0.25, 0.3) is 11.2 Å². The van der Waals surface area contributed by atoms with Gasteiger partial charge in [-0.05, 0) is 51.0 Å². The summed E-state index contributed by atoms with van der Waals surface area (Å²) in [4.78, 5) is 34.4. The van der Waals surface area contributed by atoms with Gasteiger partial charge in [0.15, 0.2) is 5.65 Å². The molecule has 6 nitrogen and oxygen atoms in total. The molecule has 6 rings (SSSR count). The van der Waals surface area contributed by atoms with Gasteiger partial charge in [-0.1, -0.05) is 91.0 Å². The first-order chi connectivity index (χ1) is 19.5. The highest BCUT2D eigenvalue weighted by molar-refractivity contribution is 9.10. The predicted molar refractivity (Wildman–Crippen MR) is 157 cm³/mol. The maximum atomic E-state index is 14.6. The third kappa shape index (κ3) is 4.36. The lowest BCUT2D eigenvalue weighted by Gasteiger charge is -2.39. The zero-order valence-electron chi connectivity index (χ0n) is 21.8. The minimum Gasteiger partial charge on any atom is -0.340 e. The topological polar surface area (TPSA) is 60.1 Å². The highest BCUT2D eigenvalue weighted by Crippen LogP contribution is 2.41. The van der Waals surface area contributed by atoms with Crippen LogP contribution in [0, 0.1) is 5.92 Å². The molecule has 0 bridgehead atoms. The quantitative estimate of drug-likeness (QED) is 0.218. The Balaban J connectivity index is 1.62. The molecule has 0 atom stereocenters. The van der Waals surface area contributed by atoms with E-state index >= 15 is 0 Å². The number of nitrogens with zero attached hydrogens (tertiary/aromatic N) is 4. The van der Waals surface area contributed by atoms with Crippen molar-refractivity contribution in [3.05, 3.63) is 135 Å². The molecule has 0 radical (unpaired) electrons. The lowest BCUT2D eigenvalue weighted by molar-refractivity contribution is -0.138. The molecule has 0 N–H and O–H groups in total. The summed E-state index contributed by atoms with van der Waals surface area (Å²) in [7, 11) is 0. The summed E-state index contributed by atoms with van der Waals surface area (Å²) in [6, 6.07) is 31.6. The second-order valence-electron chi connectivity index (χ2n) is 10.2. The van der Waals surface area contributed by atoms with Gasteiger partial charge in [0.25, 0.3) is 0 Å². The molecule has 5 aromatic rings. The number of aromatic nitrogens is 3. The van der Waals surface area contributed by atoms with E-state index in [1.165, 1.54) is 4.57 Å². The fourth-order valence-electron chi connectivity index (χ4n) is 5.83. The molecule has 8 heteroatoms. The minimum absolute atomic E-state index is 0.128. The third-order valence-electron chi connectivity index (χ3n) is 7.77. The summed E-state index contributed by atoms with van der Waals surface area (Å²) in [6.45, 7) is 0.511. The normalized spacial score (nSPS) is 13.9. The van der Waals surface area contributed by atoms with Crippen LogP contribution in [0.15, 0.2) is 113 Å². The standard InChI is InChI=1S/C32H28BrFN4O2/c33-27-18-28-30(35-19-27)38(31(40)37(28)22-29(39)36-20-23(21-36)16-17-34)32(24-10-4-1-5-11-24,25-12-6-2-7-13-25)26-14-8-3-9-15-26/h1-15,18-19,23H,16-17,20-22H2. The maximum Gasteiger partial charge on any atom is 0.332 e. The van der Waals surface area contributed by atoms with E-state index in [-0.39, 0.29) is 30.7 Å². The second-order valence-corrected chi connectivity index (χ2v) is 11.1. The second kappa shape index (κ2) is 10.8. The van der Waals surface area contributed by atoms with Gasteiger partial charge < -0.3 is 4.90 Å². The Bertz CT molecular complexity index is 1600. The average Bonchev–Trinajstić information content (AvgIpc) is 3.23. The van der Waals surface area contributed by atoms with Gasteiger partial charge in [-0.15, -0.1) is 0 Å². The molecule has 0 saturated carbocycles. The highest BCUT2D eigenvalue weighted by atomic mass is 79.9. The summed E-state index contributed by atoms with van der Waals surface area (Å²) in [5.74, 6) is 0.00526. The number of amides is 1. The Hall–Kier alpha value is -4.04. The van der Waals surface area contributed by atoms with Gasteiger partial charge in [0, 0.05) is 23.8 Å². The number of hydrogen-bond acceptors (Lipinski definition) is 3. The van der Waals surface area contributed by atoms with E-state index in [0.717, 1.165) is 16.7 Å². The van der Waals surface area contributed by atoms with Crippen molar-refractivity contribution in [2.75, 3.05) is 19.8 Å². The monoisotopic (exact) mass is 598 g/mol. The molecule has 202 valence electrons. The number of hydrogen-bond donors (Lipinski definition) is 0. The molecule has 3 aromatic carbocycles. The third-order valence-corrected chi connectivity index (χ3v) is 8.20. The van der Waals surface area contributed by atoms with Crippen LogP contribution in [0.4, 0.5) is 4.39 Å². The molecule has 1 amide bonds. The van der Waals surface area contributed by atoms with Crippen LogP contribution in [0.5, 0.6) is 0 Å². The van der Waals surface area contributed by atoms with Gasteiger partial charge in [0.2, 0.25) is 5.91 Å². The Morgan fingerprint density at radius 2 is 1.43 bits per heavy atom. The zero-order chi connectivity index (χ0) is 27.7. The van der Waals surface area contributed by atoms with Crippen LogP contribution in [0.3, 0.4) is 0 Å². The van der Waals surface area contributed by atoms with E-state index in [4.69, 9.17) is 4.98 Å². The molecule has 1 fully saturated rings. The number of carbonyl (C=O) groups excluding carboxylic acids is 1. The minimum atomic E-state index is -1.07. The van der Waals surface area contributed by atoms with Crippen LogP contribution < -0.4 is 5.69 Å². The number of imidazole rings is 1. The summed E-state index contributed by atoms with van der Waals surface area (Å²) in [6.07, 6.45) is 2.13. The Morgan fingerprint density at radius 1 is 0.900 bits per heavy atom. The number of carbonyl (C=O) groups is 1. The largest absolute Gasteiger partial charge is 0.340 e. The van der Waals surface area contributed by atoms with Gasteiger partial charge in [-0.25, -0.2) is 9.78 Å². The van der Waals surface area contributed by atoms with Crippen molar-refractivity contribution in [3.8, 4) is 0 Å². The summed E-state index contributed by atoms with van der Waals surface area (Å²) >= 11 is 3.51. The predicted octanol–water partition coefficient (Wildman–Crippen LogP) is 5.62. The first kappa shape index (κ1) is 26.2. The van der Waals surface area contributed by atoms with E-state index in [2.05, 4.69) is 15.9 Å². The molecule has 0 unspecified atom stereocenters. The number of fused-ring (bicyclic) bond motifs is 1. The molecule has 0 aliphatic carbocycles. The van der Waals surface area contributed by atoms with Crippen molar-refractivity contribution in [1.82, 2.24) is 19.0 Å². The fraction of sp³-hybridized carbons (Fsp3) is 0.219. The van der Waals surface area contributed by atoms with E-state index in [9.17, 15) is 14.0 Å². The van der Waals surface area contributed by atoms with Crippen molar-refractivity contribution in [2.45, 2.75) is 18.5 Å². The van der Waals surface area contributed by atoms with Crippen molar-refractivity contribution in [1.29, 1.82) is 0 Å². The molecule has 3 heterocycles. The average molecular weight is 600 g/mol. The summed E-state index contributed by atoms with van der Waals surface area (Å²) in [5, 5.41) is 0. The van der Waals surface area contributed by atoms with Crippen LogP contribution in [0.2, 0.25) is 0 Å². The van der Waals surface area contributed by atoms with Crippen LogP contribution in [-0.4, -0.2) is 44.7 Å². The molecule has 40 heavy (non-hydrogen) atoms. The lowest BCUT2D eigenvalue weighted by Crippen LogP contribution is -2.52. The highest BCUT2D eigenvalue weighted by Gasteiger charge is 2.42. The maximum absolute atomic E-state index is 14.6. The summed E-state index contributed by atoms with van der Waals surface area (Å²) in [5.41, 5.74) is 2.28. The van der Waals surface area contributed by atoms with Crippen LogP contribution in [0.1, 0.15) is 23.1 Å². The van der Waals surface area contributed by atoms with Gasteiger partial charge in [-0.3, -0.25) is 18.3 Å². The molecule has 2 aromatic heterocycles. The zero-order valence-corrected chi connectivity index (χ0v) is 23.4. The van der Waals surface area contributed by atoms with Crippen molar-refractivity contribution >= 4 is 33.0 Å². The Morgan fingerprint density at radius 3 is 1.93 bits per heavy atom.